The summed E-state index contributed by atoms with van der Waals surface area (Å²) in [5.41, 5.74) is 13.4. The Morgan fingerprint density at radius 2 is 0.709 bits per heavy atom. The second-order valence-corrected chi connectivity index (χ2v) is 37.5. The van der Waals surface area contributed by atoms with Gasteiger partial charge in [-0.15, -0.1) is 0 Å². The molecule has 6 aliphatic rings. The van der Waals surface area contributed by atoms with Crippen molar-refractivity contribution in [3.05, 3.63) is 304 Å². The number of hydrogen-bond donors (Lipinski definition) is 1. The number of Topliss-reactive ketones (excluding diaryl/α,β-unsaturated/α-hetero) is 2. The molecule has 0 radical (unpaired) electrons. The number of rotatable bonds is 34. The molecule has 4 aliphatic heterocycles. The third kappa shape index (κ3) is 20.8. The Bertz CT molecular complexity index is 5090. The van der Waals surface area contributed by atoms with Crippen molar-refractivity contribution in [2.45, 2.75) is 180 Å². The van der Waals surface area contributed by atoms with Crippen LogP contribution in [0.5, 0.6) is 23.0 Å². The summed E-state index contributed by atoms with van der Waals surface area (Å²) in [6.45, 7) is 23.0. The number of alkyl halides is 1. The van der Waals surface area contributed by atoms with Gasteiger partial charge in [0.15, 0.2) is 23.0 Å². The Balaban J connectivity index is 0.000000196. The Labute approximate surface area is 735 Å². The van der Waals surface area contributed by atoms with E-state index in [2.05, 4.69) is 251 Å². The SMILES string of the molecule is CC1(C)C(=CC2=C([O-])C(=CC3=[N+](CCCCCCBr)c4ccccc4C3(C)C)C2=O)N(CCCCCCOc2ccccc2)c2ccccc21.CC1(C)C(=CC2=C([O-])C(=CC3=[N+](CCCCCCOc4cc(Br)cc(Br)c4)c4ccccc4C3(C)C)C2=O)N(CCCCCCOc2ccccc2)c2ccccc21.Oc1cc(Br)cc(Br)c1. The Morgan fingerprint density at radius 1 is 0.376 bits per heavy atom. The van der Waals surface area contributed by atoms with Crippen molar-refractivity contribution in [2.24, 2.45) is 0 Å². The fourth-order valence-electron chi connectivity index (χ4n) is 17.0. The maximum absolute atomic E-state index is 14.0. The molecule has 0 spiro atoms. The average Bonchev–Trinajstić information content (AvgIpc) is 1.70. The normalized spacial score (nSPS) is 17.7. The molecule has 0 unspecified atom stereocenters. The molecule has 0 saturated heterocycles. The topological polar surface area (TPSA) is 141 Å². The minimum atomic E-state index is -0.357. The third-order valence-corrected chi connectivity index (χ3v) is 25.7. The molecule has 8 aromatic rings. The first kappa shape index (κ1) is 88.0. The number of halogens is 5. The molecule has 0 aromatic heterocycles. The van der Waals surface area contributed by atoms with Gasteiger partial charge in [0, 0.05) is 140 Å². The van der Waals surface area contributed by atoms with Crippen LogP contribution >= 0.6 is 79.6 Å². The van der Waals surface area contributed by atoms with Crippen LogP contribution < -0.4 is 34.2 Å². The smallest absolute Gasteiger partial charge is 0.209 e. The zero-order valence-electron chi connectivity index (χ0n) is 68.7. The van der Waals surface area contributed by atoms with E-state index in [-0.39, 0.29) is 61.6 Å². The van der Waals surface area contributed by atoms with Gasteiger partial charge in [0.05, 0.1) is 30.7 Å². The first-order chi connectivity index (χ1) is 56.3. The van der Waals surface area contributed by atoms with E-state index in [0.717, 1.165) is 191 Å². The van der Waals surface area contributed by atoms with Crippen molar-refractivity contribution in [2.75, 3.05) is 61.1 Å². The lowest BCUT2D eigenvalue weighted by molar-refractivity contribution is -0.438. The first-order valence-electron chi connectivity index (χ1n) is 41.5. The monoisotopic (exact) mass is 1890 g/mol. The van der Waals surface area contributed by atoms with Crippen LogP contribution in [0.4, 0.5) is 22.7 Å². The molecule has 0 fully saturated rings. The van der Waals surface area contributed by atoms with Crippen molar-refractivity contribution >= 4 is 125 Å². The van der Waals surface area contributed by atoms with Crippen LogP contribution in [-0.4, -0.2) is 88.6 Å². The number of ketones is 2. The zero-order chi connectivity index (χ0) is 83.0. The molecule has 117 heavy (non-hydrogen) atoms. The van der Waals surface area contributed by atoms with Crippen LogP contribution in [-0.2, 0) is 31.2 Å². The fraction of sp³-hybridized carbons (Fsp3) is 0.360. The van der Waals surface area contributed by atoms with Gasteiger partial charge in [0.1, 0.15) is 36.1 Å². The van der Waals surface area contributed by atoms with E-state index in [1.165, 1.54) is 46.5 Å². The summed E-state index contributed by atoms with van der Waals surface area (Å²) in [6, 6.07) is 65.0. The van der Waals surface area contributed by atoms with Crippen LogP contribution in [0.25, 0.3) is 0 Å². The highest BCUT2D eigenvalue weighted by Gasteiger charge is 2.49. The van der Waals surface area contributed by atoms with Crippen LogP contribution in [0.3, 0.4) is 0 Å². The number of ether oxygens (including phenoxy) is 3. The van der Waals surface area contributed by atoms with Crippen molar-refractivity contribution in [1.82, 2.24) is 0 Å². The summed E-state index contributed by atoms with van der Waals surface area (Å²) in [6.07, 6.45) is 24.5. The second kappa shape index (κ2) is 40.2. The summed E-state index contributed by atoms with van der Waals surface area (Å²) < 4.78 is 26.2. The van der Waals surface area contributed by atoms with E-state index < -0.39 is 0 Å². The van der Waals surface area contributed by atoms with Crippen molar-refractivity contribution in [3.63, 3.8) is 0 Å². The number of anilines is 2. The lowest BCUT2D eigenvalue weighted by atomic mass is 9.77. The molecule has 1 N–H and O–H groups in total. The highest BCUT2D eigenvalue weighted by atomic mass is 79.9. The molecule has 2 aliphatic carbocycles. The first-order valence-corrected chi connectivity index (χ1v) is 45.8. The summed E-state index contributed by atoms with van der Waals surface area (Å²) in [5.74, 6) is 2.30. The fourth-order valence-corrected chi connectivity index (χ4v) is 19.9. The lowest BCUT2D eigenvalue weighted by Gasteiger charge is -2.33. The van der Waals surface area contributed by atoms with Gasteiger partial charge in [-0.05, 0) is 182 Å². The molecule has 12 nitrogen and oxygen atoms in total. The number of benzene rings is 8. The van der Waals surface area contributed by atoms with E-state index in [1.807, 2.05) is 109 Å². The Morgan fingerprint density at radius 3 is 1.09 bits per heavy atom. The second-order valence-electron chi connectivity index (χ2n) is 33.0. The molecule has 14 rings (SSSR count). The van der Waals surface area contributed by atoms with Gasteiger partial charge in [-0.1, -0.05) is 260 Å². The van der Waals surface area contributed by atoms with Gasteiger partial charge < -0.3 is 39.3 Å². The molecule has 0 saturated carbocycles. The number of fused-ring (bicyclic) bond motifs is 4. The number of phenols is 1. The maximum Gasteiger partial charge on any atom is 0.209 e. The van der Waals surface area contributed by atoms with Gasteiger partial charge in [0.25, 0.3) is 0 Å². The van der Waals surface area contributed by atoms with Crippen molar-refractivity contribution in [1.29, 1.82) is 0 Å². The molecular weight excluding hydrogens is 1780 g/mol. The van der Waals surface area contributed by atoms with Crippen LogP contribution in [0.1, 0.15) is 180 Å². The van der Waals surface area contributed by atoms with Crippen molar-refractivity contribution in [3.8, 4) is 23.0 Å². The number of aromatic hydroxyl groups is 1. The standard InChI is InChI=1S/C50H54Br2N2O4.C44H51BrN2O3.C6H4Br2O/c1-49(2)41-22-12-14-24-43(41)53(26-16-5-7-18-28-57-37-20-10-9-11-21-37)45(49)33-39-47(55)40(48(39)56)34-46-50(3,4)42-23-13-15-25-44(42)54(46)27-17-6-8-19-29-58-38-31-35(51)30-36(52)32-38;1-43(2)35-22-12-14-24-37(35)46(27-17-6-5-16-26-45)39(43)30-33-41(48)34(42(33)49)31-40-44(3,4)36-23-13-15-25-38(36)47(40)28-18-7-8-19-29-50-32-20-10-9-11-21-32;7-4-1-5(8)3-6(9)2-4/h9-15,20-25,30-34H,5-8,16-19,26-29H2,1-4H3;9-15,20-25,30-31H,5-8,16-19,26-29H2,1-4H3;1-3,9H. The molecule has 612 valence electrons. The van der Waals surface area contributed by atoms with Gasteiger partial charge >= 0.3 is 0 Å². The average molecular weight is 1890 g/mol. The quantitative estimate of drug-likeness (QED) is 0.0179. The largest absolute Gasteiger partial charge is 0.871 e. The van der Waals surface area contributed by atoms with Crippen LogP contribution in [0.15, 0.2) is 282 Å². The predicted molar refractivity (Wildman–Crippen MR) is 491 cm³/mol. The summed E-state index contributed by atoms with van der Waals surface area (Å²) in [4.78, 5) is 32.6. The van der Waals surface area contributed by atoms with Crippen LogP contribution in [0.2, 0.25) is 0 Å². The Kier molecular flexibility index (Phi) is 30.2. The summed E-state index contributed by atoms with van der Waals surface area (Å²) in [7, 11) is 0. The number of carbonyl (C=O) groups excluding carboxylic acids is 2. The molecule has 0 amide bonds. The van der Waals surface area contributed by atoms with E-state index >= 15 is 0 Å². The predicted octanol–water partition coefficient (Wildman–Crippen LogP) is 24.1. The van der Waals surface area contributed by atoms with Crippen LogP contribution in [0, 0.1) is 0 Å². The van der Waals surface area contributed by atoms with E-state index in [1.54, 1.807) is 12.1 Å². The summed E-state index contributed by atoms with van der Waals surface area (Å²) >= 11 is 17.0. The minimum absolute atomic E-state index is 0.149. The lowest BCUT2D eigenvalue weighted by Crippen LogP contribution is -2.35. The molecule has 4 heterocycles. The highest BCUT2D eigenvalue weighted by Crippen LogP contribution is 2.52. The third-order valence-electron chi connectivity index (χ3n) is 23.3. The number of nitrogens with zero attached hydrogens (tertiary/aromatic N) is 4. The number of allylic oxidation sites excluding steroid dienone is 10. The van der Waals surface area contributed by atoms with Gasteiger partial charge in [-0.25, -0.2) is 0 Å². The van der Waals surface area contributed by atoms with Gasteiger partial charge in [-0.3, -0.25) is 9.59 Å². The maximum atomic E-state index is 14.0. The summed E-state index contributed by atoms with van der Waals surface area (Å²) in [5, 5.41) is 37.9. The highest BCUT2D eigenvalue weighted by molar-refractivity contribution is 9.11. The number of para-hydroxylation sites is 6. The van der Waals surface area contributed by atoms with Gasteiger partial charge in [-0.2, -0.15) is 9.15 Å². The number of phenolic OH excluding ortho intramolecular Hbond substituents is 1. The van der Waals surface area contributed by atoms with Crippen molar-refractivity contribution < 1.29 is 48.3 Å². The number of carbonyl (C=O) groups is 2. The van der Waals surface area contributed by atoms with E-state index in [0.29, 0.717) is 31.0 Å². The van der Waals surface area contributed by atoms with Gasteiger partial charge in [0.2, 0.25) is 11.4 Å². The molecule has 0 bridgehead atoms. The molecule has 17 heteroatoms. The molecule has 8 aromatic carbocycles. The van der Waals surface area contributed by atoms with E-state index in [4.69, 9.17) is 19.3 Å². The van der Waals surface area contributed by atoms with E-state index in [9.17, 15) is 19.8 Å². The zero-order valence-corrected chi connectivity index (χ0v) is 76.7. The molecule has 0 atom stereocenters. The minimum Gasteiger partial charge on any atom is -0.871 e. The number of hydrogen-bond acceptors (Lipinski definition) is 10. The number of unbranched alkanes of at least 4 members (excludes halogenated alkanes) is 12. The Hall–Kier alpha value is -8.32. The molecular formula is C100H109Br5N4O8.